The first-order valence-electron chi connectivity index (χ1n) is 17.3. The van der Waals surface area contributed by atoms with Crippen LogP contribution in [0.1, 0.15) is 144 Å². The number of nitrogens with one attached hydrogen (secondary N) is 1. The fourth-order valence-corrected chi connectivity index (χ4v) is 5.50. The SMILES string of the molecule is CCCCCCCCC=CCCCCCCCCN(Cc1ccc(CCCC)cc1)C(=O)Nc1cc(C)c(C)cc1C. The number of nitrogens with zero attached hydrogens (tertiary/aromatic N) is 1. The van der Waals surface area contributed by atoms with Gasteiger partial charge >= 0.3 is 6.03 Å². The number of rotatable bonds is 22. The summed E-state index contributed by atoms with van der Waals surface area (Å²) in [5.74, 6) is 0. The van der Waals surface area contributed by atoms with Gasteiger partial charge in [0.1, 0.15) is 0 Å². The maximum Gasteiger partial charge on any atom is 0.322 e. The molecule has 2 aromatic rings. The Kier molecular flexibility index (Phi) is 18.7. The first-order valence-corrected chi connectivity index (χ1v) is 17.3. The number of hydrogen-bond donors (Lipinski definition) is 1. The molecule has 0 aromatic heterocycles. The molecule has 0 unspecified atom stereocenters. The number of anilines is 1. The van der Waals surface area contributed by atoms with Crippen molar-refractivity contribution in [2.24, 2.45) is 0 Å². The van der Waals surface area contributed by atoms with E-state index in [1.165, 1.54) is 119 Å². The third-order valence-electron chi connectivity index (χ3n) is 8.52. The van der Waals surface area contributed by atoms with E-state index in [0.717, 1.165) is 30.6 Å². The molecule has 2 aromatic carbocycles. The second kappa shape index (κ2) is 22.1. The number of allylic oxidation sites excluding steroid dienone is 2. The smallest absolute Gasteiger partial charge is 0.320 e. The van der Waals surface area contributed by atoms with Gasteiger partial charge in [-0.3, -0.25) is 0 Å². The number of amides is 2. The lowest BCUT2D eigenvalue weighted by atomic mass is 10.0. The molecule has 0 radical (unpaired) electrons. The molecule has 1 N–H and O–H groups in total. The molecule has 0 heterocycles. The summed E-state index contributed by atoms with van der Waals surface area (Å²) in [7, 11) is 0. The topological polar surface area (TPSA) is 32.3 Å². The summed E-state index contributed by atoms with van der Waals surface area (Å²) in [6, 6.07) is 13.1. The summed E-state index contributed by atoms with van der Waals surface area (Å²) in [6.45, 7) is 12.3. The van der Waals surface area contributed by atoms with Crippen molar-refractivity contribution in [1.29, 1.82) is 0 Å². The van der Waals surface area contributed by atoms with E-state index in [1.807, 2.05) is 4.90 Å². The van der Waals surface area contributed by atoms with Crippen LogP contribution in [-0.2, 0) is 13.0 Å². The third kappa shape index (κ3) is 15.1. The lowest BCUT2D eigenvalue weighted by Crippen LogP contribution is -2.35. The number of hydrogen-bond acceptors (Lipinski definition) is 1. The predicted molar refractivity (Wildman–Crippen MR) is 185 cm³/mol. The van der Waals surface area contributed by atoms with Gasteiger partial charge in [-0.15, -0.1) is 0 Å². The first-order chi connectivity index (χ1) is 20.4. The summed E-state index contributed by atoms with van der Waals surface area (Å²) in [5, 5.41) is 3.22. The van der Waals surface area contributed by atoms with E-state index in [4.69, 9.17) is 0 Å². The van der Waals surface area contributed by atoms with Crippen LogP contribution in [0.2, 0.25) is 0 Å². The summed E-state index contributed by atoms with van der Waals surface area (Å²) < 4.78 is 0. The molecule has 0 aliphatic rings. The highest BCUT2D eigenvalue weighted by molar-refractivity contribution is 5.90. The van der Waals surface area contributed by atoms with Gasteiger partial charge in [0, 0.05) is 18.8 Å². The van der Waals surface area contributed by atoms with Crippen molar-refractivity contribution in [1.82, 2.24) is 4.90 Å². The number of carbonyl (C=O) groups excluding carboxylic acids is 1. The molecule has 3 nitrogen and oxygen atoms in total. The number of carbonyl (C=O) groups is 1. The van der Waals surface area contributed by atoms with Gasteiger partial charge in [-0.2, -0.15) is 0 Å². The molecule has 2 amide bonds. The minimum Gasteiger partial charge on any atom is -0.320 e. The Morgan fingerprint density at radius 2 is 1.17 bits per heavy atom. The van der Waals surface area contributed by atoms with Crippen molar-refractivity contribution in [3.8, 4) is 0 Å². The predicted octanol–water partition coefficient (Wildman–Crippen LogP) is 12.0. The van der Waals surface area contributed by atoms with E-state index in [9.17, 15) is 4.79 Å². The Morgan fingerprint density at radius 1 is 0.643 bits per heavy atom. The Labute approximate surface area is 259 Å². The Hall–Kier alpha value is -2.55. The maximum absolute atomic E-state index is 13.5. The van der Waals surface area contributed by atoms with E-state index < -0.39 is 0 Å². The normalized spacial score (nSPS) is 11.4. The van der Waals surface area contributed by atoms with Gasteiger partial charge in [0.15, 0.2) is 0 Å². The molecule has 0 spiro atoms. The highest BCUT2D eigenvalue weighted by Crippen LogP contribution is 2.21. The molecule has 0 aliphatic heterocycles. The molecule has 0 atom stereocenters. The Bertz CT molecular complexity index is 1020. The Morgan fingerprint density at radius 3 is 1.79 bits per heavy atom. The van der Waals surface area contributed by atoms with Crippen LogP contribution in [0, 0.1) is 20.8 Å². The molecule has 3 heteroatoms. The van der Waals surface area contributed by atoms with E-state index in [1.54, 1.807) is 0 Å². The van der Waals surface area contributed by atoms with Crippen LogP contribution >= 0.6 is 0 Å². The maximum atomic E-state index is 13.5. The van der Waals surface area contributed by atoms with Crippen molar-refractivity contribution in [2.45, 2.75) is 150 Å². The van der Waals surface area contributed by atoms with Crippen molar-refractivity contribution >= 4 is 11.7 Å². The van der Waals surface area contributed by atoms with Crippen LogP contribution in [0.25, 0.3) is 0 Å². The molecular formula is C39H62N2O. The molecule has 234 valence electrons. The fourth-order valence-electron chi connectivity index (χ4n) is 5.50. The summed E-state index contributed by atoms with van der Waals surface area (Å²) in [6.07, 6.45) is 26.5. The quantitative estimate of drug-likeness (QED) is 0.110. The van der Waals surface area contributed by atoms with Gasteiger partial charge in [0.2, 0.25) is 0 Å². The summed E-state index contributed by atoms with van der Waals surface area (Å²) in [5.41, 5.74) is 7.09. The van der Waals surface area contributed by atoms with E-state index in [0.29, 0.717) is 6.54 Å². The number of unbranched alkanes of at least 4 members (excludes halogenated alkanes) is 13. The van der Waals surface area contributed by atoms with Crippen molar-refractivity contribution in [3.05, 3.63) is 76.4 Å². The number of aryl methyl sites for hydroxylation is 4. The van der Waals surface area contributed by atoms with Crippen LogP contribution in [0.5, 0.6) is 0 Å². The molecule has 0 saturated carbocycles. The second-order valence-corrected chi connectivity index (χ2v) is 12.5. The van der Waals surface area contributed by atoms with Crippen LogP contribution in [-0.4, -0.2) is 17.5 Å². The van der Waals surface area contributed by atoms with E-state index >= 15 is 0 Å². The van der Waals surface area contributed by atoms with Gasteiger partial charge < -0.3 is 10.2 Å². The zero-order valence-electron chi connectivity index (χ0n) is 27.9. The standard InChI is InChI=1S/C39H62N2O/c1-6-8-10-11-12-13-14-15-16-17-18-19-20-21-22-23-29-41(32-37-27-25-36(26-28-37)24-9-7-2)39(42)40-38-31-34(4)33(3)30-35(38)5/h15-16,25-28,30-31H,6-14,17-24,29,32H2,1-5H3,(H,40,42). The molecule has 0 bridgehead atoms. The zero-order chi connectivity index (χ0) is 30.4. The summed E-state index contributed by atoms with van der Waals surface area (Å²) in [4.78, 5) is 15.5. The largest absolute Gasteiger partial charge is 0.322 e. The number of urea groups is 1. The van der Waals surface area contributed by atoms with E-state index in [-0.39, 0.29) is 6.03 Å². The molecule has 42 heavy (non-hydrogen) atoms. The monoisotopic (exact) mass is 574 g/mol. The van der Waals surface area contributed by atoms with Gasteiger partial charge in [0.25, 0.3) is 0 Å². The highest BCUT2D eigenvalue weighted by Gasteiger charge is 2.16. The zero-order valence-corrected chi connectivity index (χ0v) is 27.9. The molecule has 0 aliphatic carbocycles. The molecule has 0 fully saturated rings. The van der Waals surface area contributed by atoms with E-state index in [2.05, 4.69) is 88.5 Å². The van der Waals surface area contributed by atoms with Crippen LogP contribution in [0.3, 0.4) is 0 Å². The molecule has 2 rings (SSSR count). The lowest BCUT2D eigenvalue weighted by Gasteiger charge is -2.24. The van der Waals surface area contributed by atoms with Gasteiger partial charge in [-0.25, -0.2) is 4.79 Å². The van der Waals surface area contributed by atoms with Gasteiger partial charge in [-0.05, 0) is 99.6 Å². The average molecular weight is 575 g/mol. The summed E-state index contributed by atoms with van der Waals surface area (Å²) >= 11 is 0. The minimum atomic E-state index is 0.00385. The third-order valence-corrected chi connectivity index (χ3v) is 8.52. The number of benzene rings is 2. The highest BCUT2D eigenvalue weighted by atomic mass is 16.2. The van der Waals surface area contributed by atoms with Crippen molar-refractivity contribution in [2.75, 3.05) is 11.9 Å². The lowest BCUT2D eigenvalue weighted by molar-refractivity contribution is 0.207. The molecule has 0 saturated heterocycles. The average Bonchev–Trinajstić information content (AvgIpc) is 2.98. The van der Waals surface area contributed by atoms with Crippen molar-refractivity contribution in [3.63, 3.8) is 0 Å². The van der Waals surface area contributed by atoms with Crippen LogP contribution < -0.4 is 5.32 Å². The second-order valence-electron chi connectivity index (χ2n) is 12.5. The molecular weight excluding hydrogens is 512 g/mol. The van der Waals surface area contributed by atoms with Gasteiger partial charge in [-0.1, -0.05) is 121 Å². The van der Waals surface area contributed by atoms with Crippen LogP contribution in [0.15, 0.2) is 48.6 Å². The van der Waals surface area contributed by atoms with Crippen LogP contribution in [0.4, 0.5) is 10.5 Å². The Balaban J connectivity index is 1.76. The van der Waals surface area contributed by atoms with Crippen molar-refractivity contribution < 1.29 is 4.79 Å². The fraction of sp³-hybridized carbons (Fsp3) is 0.615. The minimum absolute atomic E-state index is 0.00385. The van der Waals surface area contributed by atoms with Gasteiger partial charge in [0.05, 0.1) is 0 Å². The first kappa shape index (κ1) is 35.6.